The van der Waals surface area contributed by atoms with Crippen LogP contribution in [0.4, 0.5) is 19.0 Å². The van der Waals surface area contributed by atoms with Gasteiger partial charge in [0.15, 0.2) is 0 Å². The molecule has 0 bridgehead atoms. The Labute approximate surface area is 83.9 Å². The molecule has 1 aromatic heterocycles. The minimum Gasteiger partial charge on any atom is -0.353 e. The van der Waals surface area contributed by atoms with Crippen LogP contribution in [0.15, 0.2) is 12.4 Å². The molecule has 1 aromatic rings. The van der Waals surface area contributed by atoms with Crippen LogP contribution in [0.25, 0.3) is 0 Å². The van der Waals surface area contributed by atoms with Gasteiger partial charge in [-0.15, -0.1) is 0 Å². The molecule has 4 nitrogen and oxygen atoms in total. The molecule has 0 unspecified atom stereocenters. The van der Waals surface area contributed by atoms with E-state index in [1.54, 1.807) is 4.90 Å². The molecular weight excluding hydrogens is 209 g/mol. The lowest BCUT2D eigenvalue weighted by molar-refractivity contribution is -0.141. The van der Waals surface area contributed by atoms with E-state index >= 15 is 0 Å². The normalized spacial score (nSPS) is 17.7. The molecule has 82 valence electrons. The number of aromatic nitrogens is 2. The van der Waals surface area contributed by atoms with Crippen molar-refractivity contribution < 1.29 is 13.2 Å². The Bertz CT molecular complexity index is 359. The average Bonchev–Trinajstić information content (AvgIpc) is 2.12. The van der Waals surface area contributed by atoms with Gasteiger partial charge in [0.05, 0.1) is 0 Å². The molecule has 7 heteroatoms. The molecule has 0 radical (unpaired) electrons. The minimum atomic E-state index is -4.43. The highest BCUT2D eigenvalue weighted by atomic mass is 19.4. The largest absolute Gasteiger partial charge is 0.433 e. The lowest BCUT2D eigenvalue weighted by Gasteiger charge is -2.37. The first-order valence-corrected chi connectivity index (χ1v) is 4.36. The van der Waals surface area contributed by atoms with E-state index in [0.29, 0.717) is 13.1 Å². The molecule has 1 aliphatic heterocycles. The van der Waals surface area contributed by atoms with Crippen LogP contribution in [0.2, 0.25) is 0 Å². The van der Waals surface area contributed by atoms with Crippen LogP contribution < -0.4 is 10.6 Å². The van der Waals surface area contributed by atoms with E-state index in [1.165, 1.54) is 0 Å². The summed E-state index contributed by atoms with van der Waals surface area (Å²) in [7, 11) is 0. The maximum Gasteiger partial charge on any atom is 0.433 e. The van der Waals surface area contributed by atoms with Gasteiger partial charge in [-0.1, -0.05) is 0 Å². The first-order valence-electron chi connectivity index (χ1n) is 4.36. The van der Waals surface area contributed by atoms with Crippen molar-refractivity contribution in [1.29, 1.82) is 0 Å². The Morgan fingerprint density at radius 2 is 2.00 bits per heavy atom. The van der Waals surface area contributed by atoms with E-state index in [-0.39, 0.29) is 11.9 Å². The van der Waals surface area contributed by atoms with Gasteiger partial charge in [-0.2, -0.15) is 13.2 Å². The Balaban J connectivity index is 2.20. The predicted molar refractivity (Wildman–Crippen MR) is 47.2 cm³/mol. The van der Waals surface area contributed by atoms with Crippen LogP contribution in [-0.2, 0) is 6.18 Å². The Morgan fingerprint density at radius 1 is 1.33 bits per heavy atom. The second-order valence-corrected chi connectivity index (χ2v) is 3.42. The number of halogens is 3. The van der Waals surface area contributed by atoms with E-state index in [0.717, 1.165) is 12.4 Å². The first kappa shape index (κ1) is 10.2. The Kier molecular flexibility index (Phi) is 2.26. The highest BCUT2D eigenvalue weighted by molar-refractivity contribution is 5.43. The fourth-order valence-corrected chi connectivity index (χ4v) is 1.37. The molecular formula is C8H9F3N4. The standard InChI is InChI=1S/C8H9F3N4/c9-8(10,11)6-1-7(14-4-13-6)15-2-5(12)3-15/h1,4-5H,2-3,12H2. The lowest BCUT2D eigenvalue weighted by atomic mass is 10.1. The molecule has 0 amide bonds. The van der Waals surface area contributed by atoms with E-state index in [2.05, 4.69) is 9.97 Å². The van der Waals surface area contributed by atoms with Gasteiger partial charge in [-0.05, 0) is 0 Å². The molecule has 0 atom stereocenters. The lowest BCUT2D eigenvalue weighted by Crippen LogP contribution is -2.56. The van der Waals surface area contributed by atoms with E-state index < -0.39 is 11.9 Å². The maximum atomic E-state index is 12.3. The van der Waals surface area contributed by atoms with Gasteiger partial charge in [0, 0.05) is 25.2 Å². The van der Waals surface area contributed by atoms with Crippen molar-refractivity contribution in [2.75, 3.05) is 18.0 Å². The summed E-state index contributed by atoms with van der Waals surface area (Å²) in [5.41, 5.74) is 4.60. The quantitative estimate of drug-likeness (QED) is 0.751. The second-order valence-electron chi connectivity index (χ2n) is 3.42. The van der Waals surface area contributed by atoms with Crippen molar-refractivity contribution in [2.24, 2.45) is 5.73 Å². The van der Waals surface area contributed by atoms with E-state index in [4.69, 9.17) is 5.73 Å². The molecule has 0 spiro atoms. The summed E-state index contributed by atoms with van der Waals surface area (Å²) in [5, 5.41) is 0. The zero-order valence-electron chi connectivity index (χ0n) is 7.70. The summed E-state index contributed by atoms with van der Waals surface area (Å²) < 4.78 is 36.9. The predicted octanol–water partition coefficient (Wildman–Crippen LogP) is 0.643. The van der Waals surface area contributed by atoms with Gasteiger partial charge in [-0.3, -0.25) is 0 Å². The summed E-state index contributed by atoms with van der Waals surface area (Å²) in [5.74, 6) is 0.277. The second kappa shape index (κ2) is 3.34. The third-order valence-corrected chi connectivity index (χ3v) is 2.18. The monoisotopic (exact) mass is 218 g/mol. The highest BCUT2D eigenvalue weighted by Gasteiger charge is 2.34. The number of rotatable bonds is 1. The van der Waals surface area contributed by atoms with Gasteiger partial charge in [0.25, 0.3) is 0 Å². The summed E-state index contributed by atoms with van der Waals surface area (Å²) in [4.78, 5) is 8.63. The van der Waals surface area contributed by atoms with Crippen LogP contribution in [0.5, 0.6) is 0 Å². The Hall–Kier alpha value is -1.37. The number of nitrogens with two attached hydrogens (primary N) is 1. The van der Waals surface area contributed by atoms with E-state index in [9.17, 15) is 13.2 Å². The van der Waals surface area contributed by atoms with Crippen molar-refractivity contribution in [3.05, 3.63) is 18.1 Å². The van der Waals surface area contributed by atoms with Crippen LogP contribution >= 0.6 is 0 Å². The van der Waals surface area contributed by atoms with Crippen LogP contribution in [0, 0.1) is 0 Å². The van der Waals surface area contributed by atoms with Crippen molar-refractivity contribution in [3.8, 4) is 0 Å². The number of anilines is 1. The van der Waals surface area contributed by atoms with Gasteiger partial charge in [0.1, 0.15) is 17.8 Å². The molecule has 0 aliphatic carbocycles. The number of hydrogen-bond donors (Lipinski definition) is 1. The zero-order valence-corrected chi connectivity index (χ0v) is 7.70. The molecule has 1 saturated heterocycles. The summed E-state index contributed by atoms with van der Waals surface area (Å²) >= 11 is 0. The van der Waals surface area contributed by atoms with Gasteiger partial charge in [0.2, 0.25) is 0 Å². The van der Waals surface area contributed by atoms with Crippen molar-refractivity contribution in [3.63, 3.8) is 0 Å². The average molecular weight is 218 g/mol. The van der Waals surface area contributed by atoms with Crippen molar-refractivity contribution >= 4 is 5.82 Å². The SMILES string of the molecule is NC1CN(c2cc(C(F)(F)F)ncn2)C1. The Morgan fingerprint density at radius 3 is 2.53 bits per heavy atom. The molecule has 2 heterocycles. The molecule has 15 heavy (non-hydrogen) atoms. The summed E-state index contributed by atoms with van der Waals surface area (Å²) in [6.45, 7) is 1.07. The smallest absolute Gasteiger partial charge is 0.353 e. The fourth-order valence-electron chi connectivity index (χ4n) is 1.37. The molecule has 2 N–H and O–H groups in total. The van der Waals surface area contributed by atoms with Gasteiger partial charge < -0.3 is 10.6 Å². The molecule has 1 aliphatic rings. The zero-order chi connectivity index (χ0) is 11.1. The number of alkyl halides is 3. The van der Waals surface area contributed by atoms with Crippen molar-refractivity contribution in [2.45, 2.75) is 12.2 Å². The number of hydrogen-bond acceptors (Lipinski definition) is 4. The summed E-state index contributed by atoms with van der Waals surface area (Å²) in [6.07, 6.45) is -3.51. The van der Waals surface area contributed by atoms with Crippen LogP contribution in [0.1, 0.15) is 5.69 Å². The highest BCUT2D eigenvalue weighted by Crippen LogP contribution is 2.29. The third kappa shape index (κ3) is 2.01. The fraction of sp³-hybridized carbons (Fsp3) is 0.500. The third-order valence-electron chi connectivity index (χ3n) is 2.18. The molecule has 2 rings (SSSR count). The van der Waals surface area contributed by atoms with Crippen LogP contribution in [-0.4, -0.2) is 29.1 Å². The van der Waals surface area contributed by atoms with E-state index in [1.807, 2.05) is 0 Å². The number of nitrogens with zero attached hydrogens (tertiary/aromatic N) is 3. The van der Waals surface area contributed by atoms with Gasteiger partial charge in [-0.25, -0.2) is 9.97 Å². The molecule has 1 fully saturated rings. The molecule has 0 saturated carbocycles. The van der Waals surface area contributed by atoms with Crippen molar-refractivity contribution in [1.82, 2.24) is 9.97 Å². The molecule has 0 aromatic carbocycles. The minimum absolute atomic E-state index is 0.0225. The maximum absolute atomic E-state index is 12.3. The van der Waals surface area contributed by atoms with Gasteiger partial charge >= 0.3 is 6.18 Å². The summed E-state index contributed by atoms with van der Waals surface area (Å²) in [6, 6.07) is 0.959. The topological polar surface area (TPSA) is 55.0 Å². The van der Waals surface area contributed by atoms with Crippen LogP contribution in [0.3, 0.4) is 0 Å². The first-order chi connectivity index (χ1) is 6.97.